The van der Waals surface area contributed by atoms with Crippen LogP contribution in [0.15, 0.2) is 0 Å². The van der Waals surface area contributed by atoms with E-state index in [-0.39, 0.29) is 36.9 Å². The van der Waals surface area contributed by atoms with E-state index in [1.807, 2.05) is 6.92 Å². The molecule has 0 aliphatic rings. The summed E-state index contributed by atoms with van der Waals surface area (Å²) in [4.78, 5) is 2.69. The standard InChI is InChI=1S/C9H14N14O/c1-2-3-22-18-8(16-20-22)10-6-12-14-7(15-13-6)11-9-17-21-23(19-9)4-5-24/h24H,2-5H2,1H3,(H,10,12,13,18)(H,11,14,15,19). The second kappa shape index (κ2) is 7.27. The Bertz CT molecular complexity index is 699. The number of nitrogens with zero attached hydrogens (tertiary/aromatic N) is 12. The average molecular weight is 334 g/mol. The SMILES string of the molecule is CCCn1nnc(Nc2nnc(Nc3nnn(CCO)n3)nn2)n1. The molecular formula is C9H14N14O. The lowest BCUT2D eigenvalue weighted by atomic mass is 10.5. The summed E-state index contributed by atoms with van der Waals surface area (Å²) in [6, 6.07) is 0. The molecule has 3 N–H and O–H groups in total. The second-order valence-electron chi connectivity index (χ2n) is 4.44. The Morgan fingerprint density at radius 3 is 1.71 bits per heavy atom. The fraction of sp³-hybridized carbons (Fsp3) is 0.556. The number of aliphatic hydroxyl groups is 1. The minimum Gasteiger partial charge on any atom is -0.394 e. The Kier molecular flexibility index (Phi) is 4.70. The Labute approximate surface area is 134 Å². The van der Waals surface area contributed by atoms with E-state index in [1.54, 1.807) is 0 Å². The predicted octanol–water partition coefficient (Wildman–Crippen LogP) is -1.87. The van der Waals surface area contributed by atoms with E-state index in [4.69, 9.17) is 5.11 Å². The smallest absolute Gasteiger partial charge is 0.270 e. The van der Waals surface area contributed by atoms with Gasteiger partial charge in [-0.25, -0.2) is 0 Å². The summed E-state index contributed by atoms with van der Waals surface area (Å²) in [7, 11) is 0. The van der Waals surface area contributed by atoms with Crippen molar-refractivity contribution >= 4 is 23.8 Å². The van der Waals surface area contributed by atoms with E-state index in [0.29, 0.717) is 6.54 Å². The van der Waals surface area contributed by atoms with Gasteiger partial charge < -0.3 is 5.11 Å². The van der Waals surface area contributed by atoms with Crippen LogP contribution < -0.4 is 10.6 Å². The number of aliphatic hydroxyl groups excluding tert-OH is 1. The Hall–Kier alpha value is -3.36. The van der Waals surface area contributed by atoms with Crippen LogP contribution in [0.5, 0.6) is 0 Å². The van der Waals surface area contributed by atoms with E-state index in [0.717, 1.165) is 6.42 Å². The van der Waals surface area contributed by atoms with Crippen LogP contribution in [0, 0.1) is 0 Å². The van der Waals surface area contributed by atoms with Crippen LogP contribution in [-0.2, 0) is 13.1 Å². The molecule has 0 amide bonds. The molecule has 3 heterocycles. The first-order valence-corrected chi connectivity index (χ1v) is 7.04. The van der Waals surface area contributed by atoms with Crippen molar-refractivity contribution in [1.82, 2.24) is 60.8 Å². The second-order valence-corrected chi connectivity index (χ2v) is 4.44. The fourth-order valence-corrected chi connectivity index (χ4v) is 1.59. The highest BCUT2D eigenvalue weighted by Crippen LogP contribution is 2.06. The van der Waals surface area contributed by atoms with Gasteiger partial charge in [-0.3, -0.25) is 10.6 Å². The third-order valence-electron chi connectivity index (χ3n) is 2.56. The molecule has 3 aromatic rings. The lowest BCUT2D eigenvalue weighted by Crippen LogP contribution is -2.08. The minimum absolute atomic E-state index is 0.0895. The lowest BCUT2D eigenvalue weighted by Gasteiger charge is -1.99. The number of aromatic nitrogens is 12. The number of hydrogen-bond donors (Lipinski definition) is 3. The minimum atomic E-state index is -0.0906. The Morgan fingerprint density at radius 1 is 0.750 bits per heavy atom. The van der Waals surface area contributed by atoms with Gasteiger partial charge in [0.15, 0.2) is 0 Å². The van der Waals surface area contributed by atoms with Crippen molar-refractivity contribution in [2.45, 2.75) is 26.4 Å². The van der Waals surface area contributed by atoms with Crippen LogP contribution in [-0.4, -0.2) is 72.5 Å². The van der Waals surface area contributed by atoms with Crippen molar-refractivity contribution in [3.63, 3.8) is 0 Å². The summed E-state index contributed by atoms with van der Waals surface area (Å²) < 4.78 is 0. The maximum absolute atomic E-state index is 8.78. The molecule has 0 aliphatic carbocycles. The number of tetrazole rings is 2. The van der Waals surface area contributed by atoms with Crippen molar-refractivity contribution in [2.24, 2.45) is 0 Å². The van der Waals surface area contributed by atoms with E-state index < -0.39 is 0 Å². The zero-order valence-electron chi connectivity index (χ0n) is 12.6. The first kappa shape index (κ1) is 15.5. The first-order valence-electron chi connectivity index (χ1n) is 7.04. The number of aryl methyl sites for hydroxylation is 1. The highest BCUT2D eigenvalue weighted by molar-refractivity contribution is 5.42. The summed E-state index contributed by atoms with van der Waals surface area (Å²) in [6.45, 7) is 2.82. The molecule has 15 heteroatoms. The van der Waals surface area contributed by atoms with Gasteiger partial charge in [0.05, 0.1) is 19.7 Å². The molecule has 0 radical (unpaired) electrons. The lowest BCUT2D eigenvalue weighted by molar-refractivity contribution is 0.259. The number of anilines is 4. The van der Waals surface area contributed by atoms with Crippen molar-refractivity contribution in [3.8, 4) is 0 Å². The van der Waals surface area contributed by atoms with Gasteiger partial charge in [-0.15, -0.1) is 30.6 Å². The normalized spacial score (nSPS) is 10.8. The summed E-state index contributed by atoms with van der Waals surface area (Å²) in [5, 5.41) is 52.6. The van der Waals surface area contributed by atoms with Crippen molar-refractivity contribution < 1.29 is 5.11 Å². The van der Waals surface area contributed by atoms with Gasteiger partial charge in [0, 0.05) is 0 Å². The molecule has 0 unspecified atom stereocenters. The number of nitrogens with one attached hydrogen (secondary N) is 2. The molecular weight excluding hydrogens is 320 g/mol. The average Bonchev–Trinajstić information content (AvgIpc) is 3.20. The van der Waals surface area contributed by atoms with E-state index in [2.05, 4.69) is 61.8 Å². The molecule has 0 saturated heterocycles. The maximum Gasteiger partial charge on any atom is 0.270 e. The van der Waals surface area contributed by atoms with Crippen LogP contribution in [0.2, 0.25) is 0 Å². The van der Waals surface area contributed by atoms with Gasteiger partial charge in [-0.05, 0) is 16.8 Å². The Balaban J connectivity index is 1.59. The largest absolute Gasteiger partial charge is 0.394 e. The van der Waals surface area contributed by atoms with Crippen LogP contribution in [0.1, 0.15) is 13.3 Å². The zero-order valence-corrected chi connectivity index (χ0v) is 12.6. The van der Waals surface area contributed by atoms with Crippen molar-refractivity contribution in [2.75, 3.05) is 17.2 Å². The van der Waals surface area contributed by atoms with E-state index >= 15 is 0 Å². The summed E-state index contributed by atoms with van der Waals surface area (Å²) in [5.41, 5.74) is 0. The number of hydrogen-bond acceptors (Lipinski definition) is 13. The monoisotopic (exact) mass is 334 g/mol. The summed E-state index contributed by atoms with van der Waals surface area (Å²) >= 11 is 0. The maximum atomic E-state index is 8.78. The highest BCUT2D eigenvalue weighted by atomic mass is 16.3. The zero-order chi connectivity index (χ0) is 16.8. The molecule has 0 atom stereocenters. The van der Waals surface area contributed by atoms with Crippen LogP contribution in [0.4, 0.5) is 23.8 Å². The summed E-state index contributed by atoms with van der Waals surface area (Å²) in [5.74, 6) is 0.624. The Morgan fingerprint density at radius 2 is 1.25 bits per heavy atom. The molecule has 3 aromatic heterocycles. The van der Waals surface area contributed by atoms with Gasteiger partial charge in [0.25, 0.3) is 23.8 Å². The van der Waals surface area contributed by atoms with Gasteiger partial charge in [0.2, 0.25) is 0 Å². The number of rotatable bonds is 8. The van der Waals surface area contributed by atoms with Gasteiger partial charge >= 0.3 is 0 Å². The van der Waals surface area contributed by atoms with Crippen LogP contribution in [0.3, 0.4) is 0 Å². The summed E-state index contributed by atoms with van der Waals surface area (Å²) in [6.07, 6.45) is 0.896. The molecule has 15 nitrogen and oxygen atoms in total. The van der Waals surface area contributed by atoms with Crippen molar-refractivity contribution in [1.29, 1.82) is 0 Å². The molecule has 0 saturated carbocycles. The predicted molar refractivity (Wildman–Crippen MR) is 77.2 cm³/mol. The first-order chi connectivity index (χ1) is 11.8. The molecule has 24 heavy (non-hydrogen) atoms. The van der Waals surface area contributed by atoms with Gasteiger partial charge in [-0.1, -0.05) is 17.1 Å². The topological polar surface area (TPSA) is 183 Å². The molecule has 3 rings (SSSR count). The van der Waals surface area contributed by atoms with E-state index in [1.165, 1.54) is 9.59 Å². The van der Waals surface area contributed by atoms with Gasteiger partial charge in [0.1, 0.15) is 0 Å². The van der Waals surface area contributed by atoms with Crippen LogP contribution in [0.25, 0.3) is 0 Å². The van der Waals surface area contributed by atoms with Gasteiger partial charge in [-0.2, -0.15) is 9.59 Å². The third kappa shape index (κ3) is 3.88. The molecule has 126 valence electrons. The quantitative estimate of drug-likeness (QED) is 0.416. The molecule has 0 aromatic carbocycles. The van der Waals surface area contributed by atoms with E-state index in [9.17, 15) is 0 Å². The van der Waals surface area contributed by atoms with Crippen LogP contribution >= 0.6 is 0 Å². The molecule has 0 spiro atoms. The molecule has 0 aliphatic heterocycles. The third-order valence-corrected chi connectivity index (χ3v) is 2.56. The van der Waals surface area contributed by atoms with Crippen molar-refractivity contribution in [3.05, 3.63) is 0 Å². The fourth-order valence-electron chi connectivity index (χ4n) is 1.59. The molecule has 0 fully saturated rings. The highest BCUT2D eigenvalue weighted by Gasteiger charge is 2.08. The molecule has 0 bridgehead atoms.